The van der Waals surface area contributed by atoms with Crippen LogP contribution in [0.5, 0.6) is 0 Å². The summed E-state index contributed by atoms with van der Waals surface area (Å²) >= 11 is 0. The van der Waals surface area contributed by atoms with Gasteiger partial charge in [-0.2, -0.15) is 0 Å². The molecule has 0 aromatic heterocycles. The second-order valence-electron chi connectivity index (χ2n) is 7.03. The van der Waals surface area contributed by atoms with E-state index >= 15 is 0 Å². The number of rotatable bonds is 17. The lowest BCUT2D eigenvalue weighted by Crippen LogP contribution is -2.44. The van der Waals surface area contributed by atoms with E-state index < -0.39 is 0 Å². The molecule has 3 atom stereocenters. The fourth-order valence-corrected chi connectivity index (χ4v) is 3.26. The summed E-state index contributed by atoms with van der Waals surface area (Å²) in [5, 5.41) is 0. The van der Waals surface area contributed by atoms with Gasteiger partial charge in [0.25, 0.3) is 0 Å². The zero-order valence-corrected chi connectivity index (χ0v) is 16.5. The van der Waals surface area contributed by atoms with Gasteiger partial charge in [-0.1, -0.05) is 39.0 Å². The quantitative estimate of drug-likeness (QED) is 0.282. The Labute approximate surface area is 149 Å². The Bertz CT molecular complexity index is 293. The maximum atomic E-state index is 6.16. The second-order valence-corrected chi connectivity index (χ2v) is 7.03. The lowest BCUT2D eigenvalue weighted by atomic mass is 9.89. The van der Waals surface area contributed by atoms with Crippen LogP contribution in [0, 0.1) is 0 Å². The Kier molecular flexibility index (Phi) is 11.9. The largest absolute Gasteiger partial charge is 0.379 e. The molecule has 1 heterocycles. The van der Waals surface area contributed by atoms with E-state index in [0.717, 1.165) is 52.3 Å². The van der Waals surface area contributed by atoms with Crippen LogP contribution in [0.2, 0.25) is 0 Å². The molecule has 24 heavy (non-hydrogen) atoms. The molecule has 1 aliphatic heterocycles. The lowest BCUT2D eigenvalue weighted by molar-refractivity contribution is -0.141. The minimum absolute atomic E-state index is 0.177. The average molecular weight is 345 g/mol. The first-order valence-corrected chi connectivity index (χ1v) is 10.1. The van der Waals surface area contributed by atoms with Crippen LogP contribution in [0.4, 0.5) is 0 Å². The fourth-order valence-electron chi connectivity index (χ4n) is 3.26. The molecule has 1 rings (SSSR count). The van der Waals surface area contributed by atoms with Crippen LogP contribution in [0.1, 0.15) is 79.1 Å². The molecule has 0 bridgehead atoms. The van der Waals surface area contributed by atoms with Crippen LogP contribution in [-0.4, -0.2) is 50.8 Å². The van der Waals surface area contributed by atoms with Crippen LogP contribution < -0.4 is 0 Å². The Balaban J connectivity index is 2.36. The van der Waals surface area contributed by atoms with Crippen molar-refractivity contribution in [3.63, 3.8) is 0 Å². The number of hydrogen-bond donors (Lipinski definition) is 0. The summed E-state index contributed by atoms with van der Waals surface area (Å²) in [6, 6.07) is 0. The van der Waals surface area contributed by atoms with Crippen molar-refractivity contribution in [2.24, 2.45) is 0 Å². The van der Waals surface area contributed by atoms with Gasteiger partial charge in [-0.3, -0.25) is 0 Å². The summed E-state index contributed by atoms with van der Waals surface area (Å²) in [6.07, 6.45) is 10.1. The minimum Gasteiger partial charge on any atom is -0.379 e. The first-order chi connectivity index (χ1) is 11.7. The minimum atomic E-state index is -0.213. The summed E-state index contributed by atoms with van der Waals surface area (Å²) in [6.45, 7) is 12.5. The van der Waals surface area contributed by atoms with E-state index in [-0.39, 0.29) is 11.7 Å². The molecule has 4 heteroatoms. The van der Waals surface area contributed by atoms with Gasteiger partial charge < -0.3 is 18.9 Å². The summed E-state index contributed by atoms with van der Waals surface area (Å²) in [4.78, 5) is 0. The van der Waals surface area contributed by atoms with Crippen molar-refractivity contribution in [1.82, 2.24) is 0 Å². The molecule has 0 N–H and O–H groups in total. The number of ether oxygens (including phenoxy) is 4. The highest BCUT2D eigenvalue weighted by molar-refractivity contribution is 4.85. The molecule has 0 amide bonds. The Morgan fingerprint density at radius 2 is 1.79 bits per heavy atom. The van der Waals surface area contributed by atoms with Crippen molar-refractivity contribution in [2.45, 2.75) is 96.9 Å². The van der Waals surface area contributed by atoms with Crippen molar-refractivity contribution < 1.29 is 18.9 Å². The molecule has 0 aliphatic carbocycles. The molecular formula is C20H40O4. The summed E-state index contributed by atoms with van der Waals surface area (Å²) in [5.74, 6) is 0. The van der Waals surface area contributed by atoms with Gasteiger partial charge in [-0.15, -0.1) is 0 Å². The maximum Gasteiger partial charge on any atom is 0.104 e. The summed E-state index contributed by atoms with van der Waals surface area (Å²) < 4.78 is 23.1. The molecule has 1 fully saturated rings. The number of unbranched alkanes of at least 4 members (excludes halogenated alkanes) is 4. The van der Waals surface area contributed by atoms with Crippen LogP contribution in [0.3, 0.4) is 0 Å². The van der Waals surface area contributed by atoms with Crippen molar-refractivity contribution in [1.29, 1.82) is 0 Å². The van der Waals surface area contributed by atoms with Crippen molar-refractivity contribution in [2.75, 3.05) is 33.0 Å². The summed E-state index contributed by atoms with van der Waals surface area (Å²) in [5.41, 5.74) is -0.213. The van der Waals surface area contributed by atoms with Gasteiger partial charge in [-0.25, -0.2) is 0 Å². The monoisotopic (exact) mass is 344 g/mol. The van der Waals surface area contributed by atoms with Crippen LogP contribution in [0.15, 0.2) is 0 Å². The van der Waals surface area contributed by atoms with Gasteiger partial charge in [0.15, 0.2) is 0 Å². The zero-order valence-electron chi connectivity index (χ0n) is 16.5. The maximum absolute atomic E-state index is 6.16. The van der Waals surface area contributed by atoms with E-state index in [1.807, 2.05) is 0 Å². The van der Waals surface area contributed by atoms with E-state index in [0.29, 0.717) is 6.10 Å². The molecular weight excluding hydrogens is 304 g/mol. The van der Waals surface area contributed by atoms with Crippen LogP contribution in [-0.2, 0) is 18.9 Å². The highest BCUT2D eigenvalue weighted by Crippen LogP contribution is 2.29. The third-order valence-corrected chi connectivity index (χ3v) is 4.76. The summed E-state index contributed by atoms with van der Waals surface area (Å²) in [7, 11) is 0. The smallest absolute Gasteiger partial charge is 0.104 e. The number of epoxide rings is 1. The highest BCUT2D eigenvalue weighted by atomic mass is 16.6. The molecule has 0 saturated carbocycles. The van der Waals surface area contributed by atoms with Gasteiger partial charge in [0.2, 0.25) is 0 Å². The third kappa shape index (κ3) is 9.36. The molecule has 0 radical (unpaired) electrons. The van der Waals surface area contributed by atoms with E-state index in [4.69, 9.17) is 18.9 Å². The highest BCUT2D eigenvalue weighted by Gasteiger charge is 2.35. The van der Waals surface area contributed by atoms with E-state index in [1.165, 1.54) is 32.1 Å². The third-order valence-electron chi connectivity index (χ3n) is 4.76. The van der Waals surface area contributed by atoms with Gasteiger partial charge >= 0.3 is 0 Å². The van der Waals surface area contributed by atoms with E-state index in [2.05, 4.69) is 27.7 Å². The molecule has 1 saturated heterocycles. The molecule has 1 aliphatic rings. The van der Waals surface area contributed by atoms with Crippen molar-refractivity contribution >= 4 is 0 Å². The SMILES string of the molecule is CCCCCCCC(OCC)C(C)(CCCOCC1CO1)OCC. The Morgan fingerprint density at radius 1 is 1.04 bits per heavy atom. The standard InChI is InChI=1S/C20H40O4/c1-5-8-9-10-11-13-19(22-6-2)20(4,24-7-3)14-12-15-21-16-18-17-23-18/h18-19H,5-17H2,1-4H3. The predicted molar refractivity (Wildman–Crippen MR) is 98.6 cm³/mol. The Morgan fingerprint density at radius 3 is 2.42 bits per heavy atom. The van der Waals surface area contributed by atoms with Crippen LogP contribution >= 0.6 is 0 Å². The number of hydrogen-bond acceptors (Lipinski definition) is 4. The first kappa shape index (κ1) is 21.9. The second kappa shape index (κ2) is 13.1. The van der Waals surface area contributed by atoms with Gasteiger partial charge in [0, 0.05) is 19.8 Å². The first-order valence-electron chi connectivity index (χ1n) is 10.1. The van der Waals surface area contributed by atoms with Gasteiger partial charge in [-0.05, 0) is 40.0 Å². The Hall–Kier alpha value is -0.160. The molecule has 4 nitrogen and oxygen atoms in total. The lowest BCUT2D eigenvalue weighted by Gasteiger charge is -2.37. The molecule has 0 aromatic carbocycles. The van der Waals surface area contributed by atoms with Gasteiger partial charge in [0.1, 0.15) is 6.10 Å². The van der Waals surface area contributed by atoms with Gasteiger partial charge in [0.05, 0.1) is 24.9 Å². The van der Waals surface area contributed by atoms with E-state index in [1.54, 1.807) is 0 Å². The molecule has 0 aromatic rings. The average Bonchev–Trinajstić information content (AvgIpc) is 3.38. The van der Waals surface area contributed by atoms with Crippen molar-refractivity contribution in [3.05, 3.63) is 0 Å². The normalized spacial score (nSPS) is 20.8. The van der Waals surface area contributed by atoms with Crippen molar-refractivity contribution in [3.8, 4) is 0 Å². The van der Waals surface area contributed by atoms with E-state index in [9.17, 15) is 0 Å². The fraction of sp³-hybridized carbons (Fsp3) is 1.00. The molecule has 0 spiro atoms. The molecule has 144 valence electrons. The predicted octanol–water partition coefficient (Wildman–Crippen LogP) is 4.74. The molecule has 3 unspecified atom stereocenters. The van der Waals surface area contributed by atoms with Crippen LogP contribution in [0.25, 0.3) is 0 Å². The zero-order chi connectivity index (χ0) is 17.7. The topological polar surface area (TPSA) is 40.2 Å².